The molecule has 0 aliphatic heterocycles. The van der Waals surface area contributed by atoms with Crippen molar-refractivity contribution in [1.29, 1.82) is 0 Å². The van der Waals surface area contributed by atoms with Crippen molar-refractivity contribution in [1.82, 2.24) is 9.62 Å². The van der Waals surface area contributed by atoms with Gasteiger partial charge in [-0.3, -0.25) is 0 Å². The maximum Gasteiger partial charge on any atom is 0.242 e. The summed E-state index contributed by atoms with van der Waals surface area (Å²) in [7, 11) is -0.557. The van der Waals surface area contributed by atoms with Gasteiger partial charge in [-0.1, -0.05) is 32.0 Å². The van der Waals surface area contributed by atoms with E-state index in [1.165, 1.54) is 38.4 Å². The van der Waals surface area contributed by atoms with Gasteiger partial charge in [-0.15, -0.1) is 0 Å². The van der Waals surface area contributed by atoms with Crippen LogP contribution in [0.3, 0.4) is 0 Å². The average Bonchev–Trinajstić information content (AvgIpc) is 2.60. The topological polar surface area (TPSA) is 61.4 Å². The summed E-state index contributed by atoms with van der Waals surface area (Å²) in [5, 5.41) is 6.60. The highest BCUT2D eigenvalue weighted by atomic mass is 32.2. The van der Waals surface area contributed by atoms with E-state index in [0.29, 0.717) is 10.8 Å². The summed E-state index contributed by atoms with van der Waals surface area (Å²) in [6, 6.07) is 12.6. The van der Waals surface area contributed by atoms with Crippen LogP contribution in [-0.4, -0.2) is 31.9 Å². The number of nitrogens with one attached hydrogen (secondary N) is 2. The van der Waals surface area contributed by atoms with Crippen LogP contribution in [0.2, 0.25) is 0 Å². The van der Waals surface area contributed by atoms with E-state index in [9.17, 15) is 12.8 Å². The number of benzene rings is 2. The number of nitrogens with zero attached hydrogens (tertiary/aromatic N) is 1. The summed E-state index contributed by atoms with van der Waals surface area (Å²) >= 11 is 5.39. The van der Waals surface area contributed by atoms with Crippen LogP contribution in [0.4, 0.5) is 10.1 Å². The number of rotatable bonds is 6. The van der Waals surface area contributed by atoms with Crippen LogP contribution in [0.1, 0.15) is 25.5 Å². The molecule has 0 bridgehead atoms. The highest BCUT2D eigenvalue weighted by molar-refractivity contribution is 7.89. The zero-order valence-electron chi connectivity index (χ0n) is 15.7. The lowest BCUT2D eigenvalue weighted by atomic mass is 9.96. The molecule has 2 aromatic rings. The van der Waals surface area contributed by atoms with Gasteiger partial charge in [0.15, 0.2) is 5.11 Å². The predicted molar refractivity (Wildman–Crippen MR) is 111 cm³/mol. The molecule has 0 fully saturated rings. The number of thiocarbonyl (C=S) groups is 1. The van der Waals surface area contributed by atoms with Gasteiger partial charge in [0, 0.05) is 19.8 Å². The third-order valence-corrected chi connectivity index (χ3v) is 6.08. The first-order valence-electron chi connectivity index (χ1n) is 8.47. The van der Waals surface area contributed by atoms with Crippen molar-refractivity contribution in [2.45, 2.75) is 24.8 Å². The normalized spacial score (nSPS) is 12.9. The Morgan fingerprint density at radius 2 is 1.74 bits per heavy atom. The molecule has 0 radical (unpaired) electrons. The van der Waals surface area contributed by atoms with Gasteiger partial charge in [0.1, 0.15) is 5.82 Å². The van der Waals surface area contributed by atoms with Gasteiger partial charge < -0.3 is 10.6 Å². The number of hydrogen-bond acceptors (Lipinski definition) is 3. The SMILES string of the molecule is CC(C)[C@H](NC(=S)Nc1cccc(S(=O)(=O)N(C)C)c1)c1ccc(F)cc1. The van der Waals surface area contributed by atoms with Crippen molar-refractivity contribution in [3.63, 3.8) is 0 Å². The molecule has 5 nitrogen and oxygen atoms in total. The van der Waals surface area contributed by atoms with E-state index < -0.39 is 10.0 Å². The lowest BCUT2D eigenvalue weighted by molar-refractivity contribution is 0.472. The van der Waals surface area contributed by atoms with Gasteiger partial charge in [0.2, 0.25) is 10.0 Å². The van der Waals surface area contributed by atoms with Crippen LogP contribution >= 0.6 is 12.2 Å². The molecular formula is C19H24FN3O2S2. The zero-order chi connectivity index (χ0) is 20.2. The Morgan fingerprint density at radius 3 is 2.30 bits per heavy atom. The molecule has 0 spiro atoms. The lowest BCUT2D eigenvalue weighted by Gasteiger charge is -2.25. The summed E-state index contributed by atoms with van der Waals surface area (Å²) in [6.45, 7) is 4.07. The van der Waals surface area contributed by atoms with Crippen LogP contribution in [0.15, 0.2) is 53.4 Å². The third-order valence-electron chi connectivity index (χ3n) is 4.05. The van der Waals surface area contributed by atoms with E-state index in [0.717, 1.165) is 9.87 Å². The Balaban J connectivity index is 2.15. The first kappa shape index (κ1) is 21.3. The van der Waals surface area contributed by atoms with Gasteiger partial charge >= 0.3 is 0 Å². The molecule has 0 unspecified atom stereocenters. The largest absolute Gasteiger partial charge is 0.355 e. The smallest absolute Gasteiger partial charge is 0.242 e. The predicted octanol–water partition coefficient (Wildman–Crippen LogP) is 3.76. The van der Waals surface area contributed by atoms with Gasteiger partial charge in [-0.25, -0.2) is 17.1 Å². The molecule has 0 amide bonds. The maximum atomic E-state index is 13.2. The van der Waals surface area contributed by atoms with Gasteiger partial charge in [-0.2, -0.15) is 0 Å². The van der Waals surface area contributed by atoms with Gasteiger partial charge in [-0.05, 0) is 54.0 Å². The second-order valence-electron chi connectivity index (χ2n) is 6.69. The summed E-state index contributed by atoms with van der Waals surface area (Å²) in [4.78, 5) is 0.180. The van der Waals surface area contributed by atoms with Gasteiger partial charge in [0.05, 0.1) is 10.9 Å². The van der Waals surface area contributed by atoms with E-state index in [1.807, 2.05) is 13.8 Å². The van der Waals surface area contributed by atoms with Crippen molar-refractivity contribution in [2.24, 2.45) is 5.92 Å². The second-order valence-corrected chi connectivity index (χ2v) is 9.25. The van der Waals surface area contributed by atoms with Crippen LogP contribution in [-0.2, 0) is 10.0 Å². The Bertz CT molecular complexity index is 897. The maximum absolute atomic E-state index is 13.2. The minimum Gasteiger partial charge on any atom is -0.355 e. The Kier molecular flexibility index (Phi) is 6.91. The molecule has 0 aliphatic carbocycles. The van der Waals surface area contributed by atoms with Gasteiger partial charge in [0.25, 0.3) is 0 Å². The summed E-state index contributed by atoms with van der Waals surface area (Å²) in [5.74, 6) is -0.0865. The zero-order valence-corrected chi connectivity index (χ0v) is 17.4. The molecule has 2 N–H and O–H groups in total. The van der Waals surface area contributed by atoms with Crippen molar-refractivity contribution >= 4 is 33.0 Å². The average molecular weight is 410 g/mol. The van der Waals surface area contributed by atoms with Crippen LogP contribution < -0.4 is 10.6 Å². The minimum atomic E-state index is -3.52. The Hall–Kier alpha value is -2.03. The molecule has 0 aromatic heterocycles. The van der Waals surface area contributed by atoms with Crippen molar-refractivity contribution in [3.8, 4) is 0 Å². The fraction of sp³-hybridized carbons (Fsp3) is 0.316. The quantitative estimate of drug-likeness (QED) is 0.712. The highest BCUT2D eigenvalue weighted by Gasteiger charge is 2.19. The molecular weight excluding hydrogens is 385 g/mol. The van der Waals surface area contributed by atoms with Crippen molar-refractivity contribution < 1.29 is 12.8 Å². The van der Waals surface area contributed by atoms with Crippen LogP contribution in [0, 0.1) is 11.7 Å². The van der Waals surface area contributed by atoms with E-state index in [4.69, 9.17) is 12.2 Å². The molecule has 0 saturated carbocycles. The lowest BCUT2D eigenvalue weighted by Crippen LogP contribution is -2.35. The van der Waals surface area contributed by atoms with E-state index in [2.05, 4.69) is 10.6 Å². The molecule has 1 atom stereocenters. The number of hydrogen-bond donors (Lipinski definition) is 2. The van der Waals surface area contributed by atoms with Crippen LogP contribution in [0.5, 0.6) is 0 Å². The monoisotopic (exact) mass is 409 g/mol. The first-order chi connectivity index (χ1) is 12.6. The fourth-order valence-corrected chi connectivity index (χ4v) is 3.75. The molecule has 2 rings (SSSR count). The molecule has 27 heavy (non-hydrogen) atoms. The molecule has 0 heterocycles. The van der Waals surface area contributed by atoms with Crippen molar-refractivity contribution in [2.75, 3.05) is 19.4 Å². The second kappa shape index (κ2) is 8.77. The standard InChI is InChI=1S/C19H24FN3O2S2/c1-13(2)18(14-8-10-15(20)11-9-14)22-19(26)21-16-6-5-7-17(12-16)27(24,25)23(3)4/h5-13,18H,1-4H3,(H2,21,22,26)/t18-/m0/s1. The van der Waals surface area contributed by atoms with E-state index >= 15 is 0 Å². The molecule has 0 saturated heterocycles. The fourth-order valence-electron chi connectivity index (χ4n) is 2.56. The molecule has 0 aliphatic rings. The number of halogens is 1. The van der Waals surface area contributed by atoms with E-state index in [1.54, 1.807) is 24.3 Å². The third kappa shape index (κ3) is 5.47. The van der Waals surface area contributed by atoms with E-state index in [-0.39, 0.29) is 22.7 Å². The van der Waals surface area contributed by atoms with Crippen molar-refractivity contribution in [3.05, 3.63) is 59.9 Å². The molecule has 8 heteroatoms. The summed E-state index contributed by atoms with van der Waals surface area (Å²) in [6.07, 6.45) is 0. The Labute approximate surface area is 165 Å². The number of sulfonamides is 1. The highest BCUT2D eigenvalue weighted by Crippen LogP contribution is 2.23. The number of anilines is 1. The minimum absolute atomic E-state index is 0.112. The Morgan fingerprint density at radius 1 is 1.11 bits per heavy atom. The van der Waals surface area contributed by atoms with Crippen LogP contribution in [0.25, 0.3) is 0 Å². The summed E-state index contributed by atoms with van der Waals surface area (Å²) in [5.41, 5.74) is 1.48. The summed E-state index contributed by atoms with van der Waals surface area (Å²) < 4.78 is 38.9. The molecule has 146 valence electrons. The first-order valence-corrected chi connectivity index (χ1v) is 10.3. The molecule has 2 aromatic carbocycles.